The third-order valence-corrected chi connectivity index (χ3v) is 6.28. The molecule has 2 aromatic carbocycles. The number of urea groups is 1. The van der Waals surface area contributed by atoms with Gasteiger partial charge in [0.25, 0.3) is 5.91 Å². The van der Waals surface area contributed by atoms with Crippen molar-refractivity contribution in [3.8, 4) is 0 Å². The maximum absolute atomic E-state index is 14.1. The molecule has 8 heteroatoms. The van der Waals surface area contributed by atoms with Gasteiger partial charge in [-0.2, -0.15) is 0 Å². The van der Waals surface area contributed by atoms with Crippen LogP contribution in [0.1, 0.15) is 28.1 Å². The van der Waals surface area contributed by atoms with Crippen molar-refractivity contribution in [3.05, 3.63) is 58.7 Å². The highest BCUT2D eigenvalue weighted by atomic mass is 32.1. The molecule has 3 aromatic rings. The van der Waals surface area contributed by atoms with Crippen LogP contribution in [0.25, 0.3) is 10.1 Å². The predicted molar refractivity (Wildman–Crippen MR) is 117 cm³/mol. The summed E-state index contributed by atoms with van der Waals surface area (Å²) in [5.41, 5.74) is 1.83. The van der Waals surface area contributed by atoms with Crippen LogP contribution in [0.15, 0.2) is 42.5 Å². The molecule has 0 bridgehead atoms. The summed E-state index contributed by atoms with van der Waals surface area (Å²) in [7, 11) is 0. The van der Waals surface area contributed by atoms with Gasteiger partial charge in [-0.15, -0.1) is 11.3 Å². The summed E-state index contributed by atoms with van der Waals surface area (Å²) < 4.78 is 20.3. The molecule has 1 saturated heterocycles. The molecule has 2 heterocycles. The number of carbonyl (C=O) groups is 2. The van der Waals surface area contributed by atoms with E-state index in [1.54, 1.807) is 43.3 Å². The summed E-state index contributed by atoms with van der Waals surface area (Å²) >= 11 is 1.27. The minimum atomic E-state index is -0.325. The van der Waals surface area contributed by atoms with Crippen LogP contribution in [0, 0.1) is 12.7 Å². The summed E-state index contributed by atoms with van der Waals surface area (Å²) in [5, 5.41) is 8.86. The van der Waals surface area contributed by atoms with Crippen molar-refractivity contribution in [1.29, 1.82) is 0 Å². The summed E-state index contributed by atoms with van der Waals surface area (Å²) in [6.45, 7) is 2.98. The molecule has 4 rings (SSSR count). The molecule has 3 amide bonds. The second-order valence-electron chi connectivity index (χ2n) is 7.17. The number of ether oxygens (including phenoxy) is 1. The molecule has 0 saturated carbocycles. The van der Waals surface area contributed by atoms with Crippen molar-refractivity contribution in [3.63, 3.8) is 0 Å². The lowest BCUT2D eigenvalue weighted by atomic mass is 10.1. The van der Waals surface area contributed by atoms with Gasteiger partial charge in [0, 0.05) is 34.6 Å². The minimum Gasteiger partial charge on any atom is -0.376 e. The fourth-order valence-electron chi connectivity index (χ4n) is 3.48. The smallest absolute Gasteiger partial charge is 0.319 e. The molecule has 1 aromatic heterocycles. The van der Waals surface area contributed by atoms with Gasteiger partial charge in [-0.25, -0.2) is 9.18 Å². The quantitative estimate of drug-likeness (QED) is 0.542. The standard InChI is InChI=1S/C22H22FN3O3S/c1-13-19-17(23)5-2-6-18(19)30-20(13)21(27)25-14-7-9-15(10-8-14)26-22(28)24-12-16-4-3-11-29-16/h2,5-10,16H,3-4,11-12H2,1H3,(H,25,27)(H2,24,26,28). The molecule has 6 nitrogen and oxygen atoms in total. The van der Waals surface area contributed by atoms with E-state index in [2.05, 4.69) is 16.0 Å². The molecular formula is C22H22FN3O3S. The lowest BCUT2D eigenvalue weighted by Gasteiger charge is -2.12. The van der Waals surface area contributed by atoms with Crippen molar-refractivity contribution in [2.45, 2.75) is 25.9 Å². The highest BCUT2D eigenvalue weighted by molar-refractivity contribution is 7.21. The molecule has 0 spiro atoms. The maximum Gasteiger partial charge on any atom is 0.319 e. The first-order valence-corrected chi connectivity index (χ1v) is 10.6. The van der Waals surface area contributed by atoms with E-state index < -0.39 is 0 Å². The number of hydrogen-bond donors (Lipinski definition) is 3. The molecule has 0 aliphatic carbocycles. The van der Waals surface area contributed by atoms with Gasteiger partial charge < -0.3 is 20.7 Å². The zero-order valence-corrected chi connectivity index (χ0v) is 17.3. The number of aryl methyl sites for hydroxylation is 1. The van der Waals surface area contributed by atoms with Gasteiger partial charge in [-0.05, 0) is 61.7 Å². The first kappa shape index (κ1) is 20.3. The molecule has 3 N–H and O–H groups in total. The number of carbonyl (C=O) groups excluding carboxylic acids is 2. The SMILES string of the molecule is Cc1c(C(=O)Nc2ccc(NC(=O)NCC3CCCO3)cc2)sc2cccc(F)c12. The number of anilines is 2. The molecule has 1 atom stereocenters. The molecule has 1 aliphatic heterocycles. The van der Waals surface area contributed by atoms with E-state index >= 15 is 0 Å². The Bertz CT molecular complexity index is 1080. The van der Waals surface area contributed by atoms with Gasteiger partial charge in [0.1, 0.15) is 5.82 Å². The first-order chi connectivity index (χ1) is 14.5. The lowest BCUT2D eigenvalue weighted by molar-refractivity contribution is 0.103. The van der Waals surface area contributed by atoms with Crippen molar-refractivity contribution >= 4 is 44.7 Å². The maximum atomic E-state index is 14.1. The van der Waals surface area contributed by atoms with Crippen molar-refractivity contribution in [2.75, 3.05) is 23.8 Å². The number of thiophene rings is 1. The third-order valence-electron chi connectivity index (χ3n) is 5.02. The fraction of sp³-hybridized carbons (Fsp3) is 0.273. The Hall–Kier alpha value is -2.97. The number of benzene rings is 2. The number of nitrogens with one attached hydrogen (secondary N) is 3. The van der Waals surface area contributed by atoms with E-state index in [-0.39, 0.29) is 23.9 Å². The molecule has 1 aliphatic rings. The molecule has 156 valence electrons. The van der Waals surface area contributed by atoms with Gasteiger partial charge in [-0.3, -0.25) is 4.79 Å². The number of fused-ring (bicyclic) bond motifs is 1. The Morgan fingerprint density at radius 3 is 2.53 bits per heavy atom. The van der Waals surface area contributed by atoms with Gasteiger partial charge in [0.15, 0.2) is 0 Å². The monoisotopic (exact) mass is 427 g/mol. The lowest BCUT2D eigenvalue weighted by Crippen LogP contribution is -2.35. The van der Waals surface area contributed by atoms with E-state index in [0.29, 0.717) is 33.7 Å². The molecule has 1 fully saturated rings. The van der Waals surface area contributed by atoms with Crippen molar-refractivity contribution in [1.82, 2.24) is 5.32 Å². The highest BCUT2D eigenvalue weighted by Gasteiger charge is 2.18. The van der Waals surface area contributed by atoms with E-state index in [4.69, 9.17) is 4.74 Å². The van der Waals surface area contributed by atoms with Gasteiger partial charge >= 0.3 is 6.03 Å². The van der Waals surface area contributed by atoms with Crippen LogP contribution in [0.3, 0.4) is 0 Å². The zero-order valence-electron chi connectivity index (χ0n) is 16.5. The summed E-state index contributed by atoms with van der Waals surface area (Å²) in [6, 6.07) is 11.4. The van der Waals surface area contributed by atoms with Crippen LogP contribution in [0.5, 0.6) is 0 Å². The molecule has 1 unspecified atom stereocenters. The Morgan fingerprint density at radius 1 is 1.13 bits per heavy atom. The van der Waals surface area contributed by atoms with E-state index in [0.717, 1.165) is 24.1 Å². The largest absolute Gasteiger partial charge is 0.376 e. The Labute approximate surface area is 177 Å². The normalized spacial score (nSPS) is 15.9. The summed E-state index contributed by atoms with van der Waals surface area (Å²) in [6.07, 6.45) is 2.07. The van der Waals surface area contributed by atoms with E-state index in [9.17, 15) is 14.0 Å². The fourth-order valence-corrected chi connectivity index (χ4v) is 4.60. The topological polar surface area (TPSA) is 79.5 Å². The van der Waals surface area contributed by atoms with Gasteiger partial charge in [0.05, 0.1) is 11.0 Å². The second kappa shape index (κ2) is 8.81. The molecule has 0 radical (unpaired) electrons. The summed E-state index contributed by atoms with van der Waals surface area (Å²) in [5.74, 6) is -0.614. The first-order valence-electron chi connectivity index (χ1n) is 9.77. The van der Waals surface area contributed by atoms with Gasteiger partial charge in [0.2, 0.25) is 0 Å². The van der Waals surface area contributed by atoms with E-state index in [1.807, 2.05) is 0 Å². The zero-order chi connectivity index (χ0) is 21.1. The minimum absolute atomic E-state index is 0.0826. The number of amides is 3. The highest BCUT2D eigenvalue weighted by Crippen LogP contribution is 2.33. The van der Waals surface area contributed by atoms with E-state index in [1.165, 1.54) is 17.4 Å². The third kappa shape index (κ3) is 4.44. The number of rotatable bonds is 5. The Morgan fingerprint density at radius 2 is 1.87 bits per heavy atom. The van der Waals surface area contributed by atoms with Crippen molar-refractivity contribution in [2.24, 2.45) is 0 Å². The van der Waals surface area contributed by atoms with Crippen LogP contribution in [-0.2, 0) is 4.74 Å². The number of halogens is 1. The van der Waals surface area contributed by atoms with Gasteiger partial charge in [-0.1, -0.05) is 6.07 Å². The second-order valence-corrected chi connectivity index (χ2v) is 8.22. The molecular weight excluding hydrogens is 405 g/mol. The Balaban J connectivity index is 1.36. The Kier molecular flexibility index (Phi) is 5.96. The summed E-state index contributed by atoms with van der Waals surface area (Å²) in [4.78, 5) is 25.1. The van der Waals surface area contributed by atoms with Crippen LogP contribution < -0.4 is 16.0 Å². The average Bonchev–Trinajstić information content (AvgIpc) is 3.36. The number of hydrogen-bond acceptors (Lipinski definition) is 4. The van der Waals surface area contributed by atoms with Crippen LogP contribution >= 0.6 is 11.3 Å². The van der Waals surface area contributed by atoms with Crippen molar-refractivity contribution < 1.29 is 18.7 Å². The van der Waals surface area contributed by atoms with Crippen LogP contribution in [0.2, 0.25) is 0 Å². The predicted octanol–water partition coefficient (Wildman–Crippen LogP) is 4.90. The van der Waals surface area contributed by atoms with Crippen LogP contribution in [0.4, 0.5) is 20.6 Å². The average molecular weight is 428 g/mol. The van der Waals surface area contributed by atoms with Crippen LogP contribution in [-0.4, -0.2) is 31.2 Å². The molecule has 30 heavy (non-hydrogen) atoms.